The first-order chi connectivity index (χ1) is 10.5. The third-order valence-electron chi connectivity index (χ3n) is 2.73. The van der Waals surface area contributed by atoms with E-state index in [-0.39, 0.29) is 12.5 Å². The smallest absolute Gasteiger partial charge is 0.277 e. The van der Waals surface area contributed by atoms with Gasteiger partial charge in [-0.25, -0.2) is 5.43 Å². The maximum Gasteiger partial charge on any atom is 0.277 e. The number of ether oxygens (including phenoxy) is 1. The zero-order valence-electron chi connectivity index (χ0n) is 11.8. The van der Waals surface area contributed by atoms with Crippen LogP contribution in [0.25, 0.3) is 0 Å². The number of carbonyl (C=O) groups excluding carboxylic acids is 1. The molecule has 0 unspecified atom stereocenters. The molecule has 0 atom stereocenters. The van der Waals surface area contributed by atoms with Crippen LogP contribution in [0, 0.1) is 6.92 Å². The molecular formula is C16H14BrClN2O2. The fraction of sp³-hybridized carbons (Fsp3) is 0.125. The fourth-order valence-corrected chi connectivity index (χ4v) is 2.40. The van der Waals surface area contributed by atoms with E-state index in [9.17, 15) is 4.79 Å². The van der Waals surface area contributed by atoms with Crippen LogP contribution in [-0.4, -0.2) is 18.7 Å². The lowest BCUT2D eigenvalue weighted by Gasteiger charge is -2.07. The van der Waals surface area contributed by atoms with Crippen molar-refractivity contribution in [2.45, 2.75) is 6.92 Å². The molecular weight excluding hydrogens is 368 g/mol. The molecule has 0 aliphatic rings. The number of nitrogens with zero attached hydrogens (tertiary/aromatic N) is 1. The van der Waals surface area contributed by atoms with Gasteiger partial charge >= 0.3 is 0 Å². The van der Waals surface area contributed by atoms with Gasteiger partial charge in [-0.2, -0.15) is 5.10 Å². The summed E-state index contributed by atoms with van der Waals surface area (Å²) in [6.45, 7) is 1.88. The molecule has 0 spiro atoms. The van der Waals surface area contributed by atoms with Crippen LogP contribution in [0.1, 0.15) is 11.1 Å². The first kappa shape index (κ1) is 16.5. The number of nitrogens with one attached hydrogen (secondary N) is 1. The molecule has 0 aliphatic carbocycles. The molecule has 2 aromatic rings. The van der Waals surface area contributed by atoms with Crippen molar-refractivity contribution in [2.75, 3.05) is 6.61 Å². The van der Waals surface area contributed by atoms with Crippen molar-refractivity contribution in [1.29, 1.82) is 0 Å². The normalized spacial score (nSPS) is 10.7. The molecule has 1 N–H and O–H groups in total. The number of halogens is 2. The van der Waals surface area contributed by atoms with Gasteiger partial charge in [-0.15, -0.1) is 0 Å². The van der Waals surface area contributed by atoms with Gasteiger partial charge in [0.15, 0.2) is 6.61 Å². The van der Waals surface area contributed by atoms with Crippen LogP contribution < -0.4 is 10.2 Å². The lowest BCUT2D eigenvalue weighted by molar-refractivity contribution is -0.123. The second kappa shape index (κ2) is 7.96. The third-order valence-corrected chi connectivity index (χ3v) is 3.59. The predicted molar refractivity (Wildman–Crippen MR) is 91.6 cm³/mol. The lowest BCUT2D eigenvalue weighted by Crippen LogP contribution is -2.24. The molecule has 0 aliphatic heterocycles. The summed E-state index contributed by atoms with van der Waals surface area (Å²) in [7, 11) is 0. The van der Waals surface area contributed by atoms with Gasteiger partial charge in [-0.3, -0.25) is 4.79 Å². The van der Waals surface area contributed by atoms with Crippen molar-refractivity contribution in [1.82, 2.24) is 5.43 Å². The summed E-state index contributed by atoms with van der Waals surface area (Å²) in [5, 5.41) is 4.47. The second-order valence-corrected chi connectivity index (χ2v) is 5.86. The van der Waals surface area contributed by atoms with Gasteiger partial charge < -0.3 is 4.74 Å². The molecule has 0 heterocycles. The van der Waals surface area contributed by atoms with Crippen molar-refractivity contribution >= 4 is 39.7 Å². The van der Waals surface area contributed by atoms with E-state index in [0.717, 1.165) is 5.56 Å². The number of hydrogen-bond donors (Lipinski definition) is 1. The fourth-order valence-electron chi connectivity index (χ4n) is 1.60. The van der Waals surface area contributed by atoms with E-state index in [1.807, 2.05) is 31.2 Å². The van der Waals surface area contributed by atoms with Crippen molar-refractivity contribution < 1.29 is 9.53 Å². The van der Waals surface area contributed by atoms with Gasteiger partial charge in [0, 0.05) is 5.02 Å². The monoisotopic (exact) mass is 380 g/mol. The number of amides is 1. The quantitative estimate of drug-likeness (QED) is 0.630. The molecule has 22 heavy (non-hydrogen) atoms. The molecule has 6 heteroatoms. The zero-order chi connectivity index (χ0) is 15.9. The predicted octanol–water partition coefficient (Wildman–Crippen LogP) is 3.94. The summed E-state index contributed by atoms with van der Waals surface area (Å²) in [5.41, 5.74) is 4.49. The average Bonchev–Trinajstić information content (AvgIpc) is 2.48. The Kier molecular flexibility index (Phi) is 5.98. The largest absolute Gasteiger partial charge is 0.483 e. The topological polar surface area (TPSA) is 50.7 Å². The number of hydrogen-bond acceptors (Lipinski definition) is 3. The van der Waals surface area contributed by atoms with E-state index in [1.165, 1.54) is 5.56 Å². The van der Waals surface area contributed by atoms with E-state index in [2.05, 4.69) is 26.5 Å². The molecule has 1 amide bonds. The number of carbonyl (C=O) groups is 1. The molecule has 2 rings (SSSR count). The molecule has 0 radical (unpaired) electrons. The minimum atomic E-state index is -0.342. The van der Waals surface area contributed by atoms with Crippen LogP contribution in [0.3, 0.4) is 0 Å². The first-order valence-corrected chi connectivity index (χ1v) is 7.68. The van der Waals surface area contributed by atoms with Gasteiger partial charge in [0.1, 0.15) is 5.75 Å². The highest BCUT2D eigenvalue weighted by Gasteiger charge is 2.05. The second-order valence-electron chi connectivity index (χ2n) is 4.57. The van der Waals surface area contributed by atoms with Gasteiger partial charge in [0.05, 0.1) is 10.7 Å². The Morgan fingerprint density at radius 1 is 1.32 bits per heavy atom. The van der Waals surface area contributed by atoms with Crippen molar-refractivity contribution in [3.05, 3.63) is 63.1 Å². The number of benzene rings is 2. The van der Waals surface area contributed by atoms with Crippen LogP contribution >= 0.6 is 27.5 Å². The van der Waals surface area contributed by atoms with E-state index in [0.29, 0.717) is 15.2 Å². The number of hydrazone groups is 1. The molecule has 0 aromatic heterocycles. The van der Waals surface area contributed by atoms with Gasteiger partial charge in [0.2, 0.25) is 0 Å². The Morgan fingerprint density at radius 3 is 2.73 bits per heavy atom. The van der Waals surface area contributed by atoms with Crippen LogP contribution in [0.15, 0.2) is 52.0 Å². The van der Waals surface area contributed by atoms with E-state index < -0.39 is 0 Å². The Balaban J connectivity index is 1.81. The van der Waals surface area contributed by atoms with Gasteiger partial charge in [-0.1, -0.05) is 41.4 Å². The van der Waals surface area contributed by atoms with Gasteiger partial charge in [0.25, 0.3) is 5.91 Å². The average molecular weight is 382 g/mol. The highest BCUT2D eigenvalue weighted by molar-refractivity contribution is 9.10. The summed E-state index contributed by atoms with van der Waals surface area (Å²) in [5.74, 6) is 0.201. The standard InChI is InChI=1S/C16H14BrClN2O2/c1-11-2-4-12(5-3-11)9-19-20-16(21)10-22-15-7-6-13(18)8-14(15)17/h2-9H,10H2,1H3,(H,20,21)/b19-9+. The Hall–Kier alpha value is -1.85. The molecule has 4 nitrogen and oxygen atoms in total. The molecule has 0 saturated carbocycles. The summed E-state index contributed by atoms with van der Waals surface area (Å²) in [4.78, 5) is 11.6. The number of rotatable bonds is 5. The molecule has 0 fully saturated rings. The highest BCUT2D eigenvalue weighted by Crippen LogP contribution is 2.27. The summed E-state index contributed by atoms with van der Waals surface area (Å²) in [6.07, 6.45) is 1.58. The SMILES string of the molecule is Cc1ccc(/C=N/NC(=O)COc2ccc(Cl)cc2Br)cc1. The summed E-state index contributed by atoms with van der Waals surface area (Å²) >= 11 is 9.15. The maximum absolute atomic E-state index is 11.6. The lowest BCUT2D eigenvalue weighted by atomic mass is 10.2. The maximum atomic E-state index is 11.6. The van der Waals surface area contributed by atoms with Crippen LogP contribution in [0.4, 0.5) is 0 Å². The zero-order valence-corrected chi connectivity index (χ0v) is 14.2. The summed E-state index contributed by atoms with van der Waals surface area (Å²) in [6, 6.07) is 12.9. The van der Waals surface area contributed by atoms with E-state index >= 15 is 0 Å². The van der Waals surface area contributed by atoms with Crippen molar-refractivity contribution in [2.24, 2.45) is 5.10 Å². The van der Waals surface area contributed by atoms with Gasteiger partial charge in [-0.05, 0) is 46.6 Å². The van der Waals surface area contributed by atoms with Crippen molar-refractivity contribution in [3.8, 4) is 5.75 Å². The van der Waals surface area contributed by atoms with Crippen LogP contribution in [0.2, 0.25) is 5.02 Å². The van der Waals surface area contributed by atoms with E-state index in [4.69, 9.17) is 16.3 Å². The van der Waals surface area contributed by atoms with Crippen molar-refractivity contribution in [3.63, 3.8) is 0 Å². The van der Waals surface area contributed by atoms with E-state index in [1.54, 1.807) is 24.4 Å². The highest BCUT2D eigenvalue weighted by atomic mass is 79.9. The Labute approximate surface area is 142 Å². The molecule has 2 aromatic carbocycles. The van der Waals surface area contributed by atoms with Crippen LogP contribution in [-0.2, 0) is 4.79 Å². The minimum Gasteiger partial charge on any atom is -0.483 e. The molecule has 0 bridgehead atoms. The number of aryl methyl sites for hydroxylation is 1. The van der Waals surface area contributed by atoms with Crippen LogP contribution in [0.5, 0.6) is 5.75 Å². The first-order valence-electron chi connectivity index (χ1n) is 6.51. The third kappa shape index (κ3) is 5.16. The Morgan fingerprint density at radius 2 is 2.05 bits per heavy atom. The Bertz CT molecular complexity index is 687. The minimum absolute atomic E-state index is 0.133. The molecule has 0 saturated heterocycles. The summed E-state index contributed by atoms with van der Waals surface area (Å²) < 4.78 is 6.07. The molecule has 114 valence electrons.